The van der Waals surface area contributed by atoms with Crippen molar-refractivity contribution >= 4 is 11.7 Å². The topological polar surface area (TPSA) is 92.1 Å². The molecular weight excluding hydrogens is 416 g/mol. The fourth-order valence-corrected chi connectivity index (χ4v) is 4.76. The average Bonchev–Trinajstić information content (AvgIpc) is 3.41. The lowest BCUT2D eigenvalue weighted by molar-refractivity contribution is -0.126. The highest BCUT2D eigenvalue weighted by molar-refractivity contribution is 5.79. The Morgan fingerprint density at radius 2 is 1.82 bits per heavy atom. The zero-order chi connectivity index (χ0) is 22.5. The number of carbonyl (C=O) groups excluding carboxylic acids is 1. The molecule has 172 valence electrons. The summed E-state index contributed by atoms with van der Waals surface area (Å²) in [6.45, 7) is 4.57. The molecule has 1 amide bonds. The van der Waals surface area contributed by atoms with E-state index in [4.69, 9.17) is 0 Å². The Balaban J connectivity index is 1.13. The third kappa shape index (κ3) is 5.36. The van der Waals surface area contributed by atoms with Crippen LogP contribution in [0, 0.1) is 5.92 Å². The standard InChI is InChI=1S/C24H30N8O/c33-24(29-21-8-11-30(12-9-21)14-19-5-2-1-3-6-19)20-7-4-10-31(15-20)22-13-23(27-17-26-22)32-18-25-16-28-32/h1-3,5-6,13,16-18,20-21H,4,7-12,14-15H2,(H,29,33)/t20-/m1/s1. The number of nitrogens with one attached hydrogen (secondary N) is 1. The number of hydrogen-bond donors (Lipinski definition) is 1. The van der Waals surface area contributed by atoms with Crippen LogP contribution in [-0.4, -0.2) is 67.8 Å². The maximum atomic E-state index is 13.1. The number of hydrogen-bond acceptors (Lipinski definition) is 7. The lowest BCUT2D eigenvalue weighted by Gasteiger charge is -2.36. The molecule has 2 fully saturated rings. The Bertz CT molecular complexity index is 1030. The predicted molar refractivity (Wildman–Crippen MR) is 125 cm³/mol. The van der Waals surface area contributed by atoms with Crippen molar-refractivity contribution in [1.29, 1.82) is 0 Å². The molecule has 4 heterocycles. The molecule has 5 rings (SSSR count). The van der Waals surface area contributed by atoms with Crippen molar-refractivity contribution in [2.45, 2.75) is 38.3 Å². The van der Waals surface area contributed by atoms with E-state index in [-0.39, 0.29) is 17.9 Å². The molecule has 1 aromatic carbocycles. The minimum absolute atomic E-state index is 0.0223. The third-order valence-corrected chi connectivity index (χ3v) is 6.59. The number of piperidine rings is 2. The van der Waals surface area contributed by atoms with Gasteiger partial charge in [-0.2, -0.15) is 5.10 Å². The monoisotopic (exact) mass is 446 g/mol. The quantitative estimate of drug-likeness (QED) is 0.620. The van der Waals surface area contributed by atoms with Gasteiger partial charge in [0.25, 0.3) is 0 Å². The lowest BCUT2D eigenvalue weighted by Crippen LogP contribution is -2.49. The Hall–Kier alpha value is -3.33. The Labute approximate surface area is 193 Å². The maximum absolute atomic E-state index is 13.1. The molecule has 3 aromatic rings. The summed E-state index contributed by atoms with van der Waals surface area (Å²) in [4.78, 5) is 30.4. The summed E-state index contributed by atoms with van der Waals surface area (Å²) in [6, 6.07) is 12.7. The third-order valence-electron chi connectivity index (χ3n) is 6.59. The van der Waals surface area contributed by atoms with E-state index in [1.54, 1.807) is 17.3 Å². The van der Waals surface area contributed by atoms with Gasteiger partial charge in [0, 0.05) is 44.8 Å². The van der Waals surface area contributed by atoms with Crippen LogP contribution in [0.4, 0.5) is 5.82 Å². The first-order valence-corrected chi connectivity index (χ1v) is 11.7. The summed E-state index contributed by atoms with van der Waals surface area (Å²) in [5.74, 6) is 1.64. The molecule has 0 spiro atoms. The van der Waals surface area contributed by atoms with E-state index < -0.39 is 0 Å². The largest absolute Gasteiger partial charge is 0.356 e. The van der Waals surface area contributed by atoms with Crippen molar-refractivity contribution in [3.8, 4) is 5.82 Å². The van der Waals surface area contributed by atoms with Crippen LogP contribution in [0.1, 0.15) is 31.2 Å². The molecule has 9 nitrogen and oxygen atoms in total. The van der Waals surface area contributed by atoms with Gasteiger partial charge in [-0.25, -0.2) is 19.6 Å². The summed E-state index contributed by atoms with van der Waals surface area (Å²) in [5.41, 5.74) is 1.35. The predicted octanol–water partition coefficient (Wildman–Crippen LogP) is 2.05. The highest BCUT2D eigenvalue weighted by Crippen LogP contribution is 2.23. The Kier molecular flexibility index (Phi) is 6.57. The molecule has 0 radical (unpaired) electrons. The lowest BCUT2D eigenvalue weighted by atomic mass is 9.95. The van der Waals surface area contributed by atoms with Crippen LogP contribution in [0.2, 0.25) is 0 Å². The van der Waals surface area contributed by atoms with Gasteiger partial charge in [-0.05, 0) is 31.2 Å². The van der Waals surface area contributed by atoms with Crippen molar-refractivity contribution in [2.24, 2.45) is 5.92 Å². The highest BCUT2D eigenvalue weighted by Gasteiger charge is 2.29. The number of anilines is 1. The Morgan fingerprint density at radius 3 is 2.61 bits per heavy atom. The fourth-order valence-electron chi connectivity index (χ4n) is 4.76. The highest BCUT2D eigenvalue weighted by atomic mass is 16.2. The van der Waals surface area contributed by atoms with Crippen LogP contribution < -0.4 is 10.2 Å². The zero-order valence-electron chi connectivity index (χ0n) is 18.8. The molecule has 2 aliphatic heterocycles. The van der Waals surface area contributed by atoms with Crippen molar-refractivity contribution in [1.82, 2.24) is 34.9 Å². The number of rotatable bonds is 6. The van der Waals surface area contributed by atoms with Crippen molar-refractivity contribution in [2.75, 3.05) is 31.1 Å². The van der Waals surface area contributed by atoms with Gasteiger partial charge in [0.1, 0.15) is 24.8 Å². The van der Waals surface area contributed by atoms with E-state index in [1.807, 2.05) is 6.07 Å². The van der Waals surface area contributed by atoms with Gasteiger partial charge >= 0.3 is 0 Å². The number of benzene rings is 1. The van der Waals surface area contributed by atoms with E-state index in [2.05, 4.69) is 65.5 Å². The molecule has 33 heavy (non-hydrogen) atoms. The summed E-state index contributed by atoms with van der Waals surface area (Å²) >= 11 is 0. The Morgan fingerprint density at radius 1 is 1.00 bits per heavy atom. The van der Waals surface area contributed by atoms with Crippen molar-refractivity contribution in [3.05, 3.63) is 60.9 Å². The average molecular weight is 447 g/mol. The molecule has 0 aliphatic carbocycles. The molecule has 1 atom stereocenters. The molecule has 0 unspecified atom stereocenters. The van der Waals surface area contributed by atoms with Crippen LogP contribution in [0.5, 0.6) is 0 Å². The van der Waals surface area contributed by atoms with Gasteiger partial charge in [0.2, 0.25) is 5.91 Å². The first-order chi connectivity index (χ1) is 16.2. The maximum Gasteiger partial charge on any atom is 0.225 e. The van der Waals surface area contributed by atoms with E-state index in [0.29, 0.717) is 12.4 Å². The van der Waals surface area contributed by atoms with Crippen molar-refractivity contribution < 1.29 is 4.79 Å². The number of nitrogens with zero attached hydrogens (tertiary/aromatic N) is 7. The molecule has 0 saturated carbocycles. The molecule has 2 aromatic heterocycles. The van der Waals surface area contributed by atoms with Crippen LogP contribution in [0.3, 0.4) is 0 Å². The summed E-state index contributed by atoms with van der Waals surface area (Å²) in [7, 11) is 0. The number of carbonyl (C=O) groups is 1. The van der Waals surface area contributed by atoms with Crippen LogP contribution in [-0.2, 0) is 11.3 Å². The minimum atomic E-state index is -0.0223. The summed E-state index contributed by atoms with van der Waals surface area (Å²) in [6.07, 6.45) is 8.52. The summed E-state index contributed by atoms with van der Waals surface area (Å²) in [5, 5.41) is 7.47. The number of aromatic nitrogens is 5. The van der Waals surface area contributed by atoms with Crippen LogP contribution >= 0.6 is 0 Å². The van der Waals surface area contributed by atoms with Gasteiger partial charge < -0.3 is 10.2 Å². The van der Waals surface area contributed by atoms with E-state index in [1.165, 1.54) is 11.9 Å². The molecular formula is C24H30N8O. The first kappa shape index (κ1) is 21.5. The molecule has 2 saturated heterocycles. The smallest absolute Gasteiger partial charge is 0.225 e. The minimum Gasteiger partial charge on any atom is -0.356 e. The van der Waals surface area contributed by atoms with E-state index >= 15 is 0 Å². The van der Waals surface area contributed by atoms with Gasteiger partial charge in [-0.3, -0.25) is 9.69 Å². The number of amides is 1. The second-order valence-electron chi connectivity index (χ2n) is 8.90. The fraction of sp³-hybridized carbons (Fsp3) is 0.458. The normalized spacial score (nSPS) is 20.0. The second kappa shape index (κ2) is 10.1. The first-order valence-electron chi connectivity index (χ1n) is 11.7. The van der Waals surface area contributed by atoms with Gasteiger partial charge in [-0.15, -0.1) is 0 Å². The SMILES string of the molecule is O=C(NC1CCN(Cc2ccccc2)CC1)[C@@H]1CCCN(c2cc(-n3cncn3)ncn2)C1. The molecule has 9 heteroatoms. The van der Waals surface area contributed by atoms with E-state index in [9.17, 15) is 4.79 Å². The molecule has 0 bridgehead atoms. The zero-order valence-corrected chi connectivity index (χ0v) is 18.8. The summed E-state index contributed by atoms with van der Waals surface area (Å²) < 4.78 is 1.61. The van der Waals surface area contributed by atoms with Gasteiger partial charge in [0.05, 0.1) is 5.92 Å². The molecule has 1 N–H and O–H groups in total. The van der Waals surface area contributed by atoms with Crippen LogP contribution in [0.25, 0.3) is 5.82 Å². The molecule has 2 aliphatic rings. The van der Waals surface area contributed by atoms with E-state index in [0.717, 1.165) is 57.7 Å². The van der Waals surface area contributed by atoms with Gasteiger partial charge in [-0.1, -0.05) is 30.3 Å². The number of likely N-dealkylation sites (tertiary alicyclic amines) is 1. The van der Waals surface area contributed by atoms with Crippen molar-refractivity contribution in [3.63, 3.8) is 0 Å². The second-order valence-corrected chi connectivity index (χ2v) is 8.90. The van der Waals surface area contributed by atoms with Crippen LogP contribution in [0.15, 0.2) is 55.4 Å². The van der Waals surface area contributed by atoms with Gasteiger partial charge in [0.15, 0.2) is 5.82 Å².